The van der Waals surface area contributed by atoms with Crippen molar-refractivity contribution in [1.82, 2.24) is 0 Å². The molecule has 0 fully saturated rings. The van der Waals surface area contributed by atoms with E-state index in [0.717, 1.165) is 6.08 Å². The molecule has 5 nitrogen and oxygen atoms in total. The van der Waals surface area contributed by atoms with Gasteiger partial charge >= 0.3 is 11.9 Å². The Hall–Kier alpha value is -1.65. The van der Waals surface area contributed by atoms with E-state index in [0.29, 0.717) is 0 Å². The number of aliphatic carboxylic acids is 2. The number of carbonyl (C=O) groups is 3. The molecule has 1 unspecified atom stereocenters. The number of carboxylic acids is 2. The van der Waals surface area contributed by atoms with Crippen molar-refractivity contribution >= 4 is 17.7 Å². The van der Waals surface area contributed by atoms with Crippen LogP contribution in [0.2, 0.25) is 0 Å². The van der Waals surface area contributed by atoms with Gasteiger partial charge in [-0.3, -0.25) is 9.59 Å². The highest BCUT2D eigenvalue weighted by Crippen LogP contribution is 2.05. The summed E-state index contributed by atoms with van der Waals surface area (Å²) >= 11 is 0. The van der Waals surface area contributed by atoms with Crippen LogP contribution in [0.15, 0.2) is 12.7 Å². The van der Waals surface area contributed by atoms with Crippen LogP contribution in [0.3, 0.4) is 0 Å². The van der Waals surface area contributed by atoms with Crippen LogP contribution in [0.25, 0.3) is 0 Å². The molecule has 1 atom stereocenters. The van der Waals surface area contributed by atoms with E-state index in [9.17, 15) is 14.4 Å². The predicted octanol–water partition coefficient (Wildman–Crippen LogP) is -0.0830. The molecule has 0 aliphatic heterocycles. The summed E-state index contributed by atoms with van der Waals surface area (Å²) in [6, 6.07) is 0. The predicted molar refractivity (Wildman–Crippen MR) is 38.6 cm³/mol. The molecule has 0 radical (unpaired) electrons. The summed E-state index contributed by atoms with van der Waals surface area (Å²) in [5.74, 6) is -5.15. The standard InChI is InChI=1S/C7H8O5/c1-2-4(3-5(8)9)6(10)7(11)12/h2,4H,1,3H2,(H,8,9)(H,11,12). The van der Waals surface area contributed by atoms with Crippen LogP contribution in [-0.2, 0) is 14.4 Å². The zero-order valence-corrected chi connectivity index (χ0v) is 6.19. The fourth-order valence-electron chi connectivity index (χ4n) is 0.630. The summed E-state index contributed by atoms with van der Waals surface area (Å²) < 4.78 is 0. The van der Waals surface area contributed by atoms with Crippen molar-refractivity contribution in [2.45, 2.75) is 6.42 Å². The molecule has 0 aromatic rings. The molecule has 0 aliphatic rings. The Kier molecular flexibility index (Phi) is 3.69. The van der Waals surface area contributed by atoms with Crippen molar-refractivity contribution in [3.8, 4) is 0 Å². The number of allylic oxidation sites excluding steroid dienone is 1. The molecule has 0 heterocycles. The van der Waals surface area contributed by atoms with Gasteiger partial charge in [-0.2, -0.15) is 0 Å². The van der Waals surface area contributed by atoms with Gasteiger partial charge < -0.3 is 10.2 Å². The zero-order valence-electron chi connectivity index (χ0n) is 6.19. The molecule has 0 saturated heterocycles. The third kappa shape index (κ3) is 2.96. The molecular weight excluding hydrogens is 164 g/mol. The molecule has 12 heavy (non-hydrogen) atoms. The van der Waals surface area contributed by atoms with E-state index in [1.165, 1.54) is 0 Å². The second kappa shape index (κ2) is 4.27. The third-order valence-corrected chi connectivity index (χ3v) is 1.23. The molecule has 0 saturated carbocycles. The van der Waals surface area contributed by atoms with Crippen LogP contribution < -0.4 is 0 Å². The fraction of sp³-hybridized carbons (Fsp3) is 0.286. The molecule has 0 spiro atoms. The third-order valence-electron chi connectivity index (χ3n) is 1.23. The van der Waals surface area contributed by atoms with Gasteiger partial charge in [-0.25, -0.2) is 4.79 Å². The Morgan fingerprint density at radius 3 is 2.08 bits per heavy atom. The maximum absolute atomic E-state index is 10.7. The van der Waals surface area contributed by atoms with Crippen molar-refractivity contribution < 1.29 is 24.6 Å². The van der Waals surface area contributed by atoms with E-state index in [4.69, 9.17) is 10.2 Å². The first kappa shape index (κ1) is 10.3. The quantitative estimate of drug-likeness (QED) is 0.447. The Labute approximate surface area is 68.3 Å². The van der Waals surface area contributed by atoms with Gasteiger partial charge in [-0.15, -0.1) is 6.58 Å². The average Bonchev–Trinajstić information content (AvgIpc) is 1.98. The van der Waals surface area contributed by atoms with Crippen molar-refractivity contribution in [2.75, 3.05) is 0 Å². The van der Waals surface area contributed by atoms with Gasteiger partial charge in [0.15, 0.2) is 0 Å². The fourth-order valence-corrected chi connectivity index (χ4v) is 0.630. The normalized spacial score (nSPS) is 11.7. The maximum Gasteiger partial charge on any atom is 0.372 e. The van der Waals surface area contributed by atoms with Crippen molar-refractivity contribution in [3.05, 3.63) is 12.7 Å². The number of hydrogen-bond donors (Lipinski definition) is 2. The van der Waals surface area contributed by atoms with Crippen molar-refractivity contribution in [2.24, 2.45) is 5.92 Å². The van der Waals surface area contributed by atoms with Crippen molar-refractivity contribution in [1.29, 1.82) is 0 Å². The van der Waals surface area contributed by atoms with Gasteiger partial charge in [0.25, 0.3) is 0 Å². The molecule has 2 N–H and O–H groups in total. The van der Waals surface area contributed by atoms with Crippen LogP contribution in [0, 0.1) is 5.92 Å². The SMILES string of the molecule is C=CC(CC(=O)O)C(=O)C(=O)O. The minimum absolute atomic E-state index is 0.533. The van der Waals surface area contributed by atoms with E-state index >= 15 is 0 Å². The topological polar surface area (TPSA) is 91.7 Å². The molecule has 5 heteroatoms. The van der Waals surface area contributed by atoms with E-state index in [-0.39, 0.29) is 0 Å². The van der Waals surface area contributed by atoms with Crippen LogP contribution >= 0.6 is 0 Å². The van der Waals surface area contributed by atoms with Crippen LogP contribution in [0.1, 0.15) is 6.42 Å². The first-order valence-corrected chi connectivity index (χ1v) is 3.10. The van der Waals surface area contributed by atoms with E-state index in [2.05, 4.69) is 6.58 Å². The number of carboxylic acid groups (broad SMARTS) is 2. The van der Waals surface area contributed by atoms with Crippen LogP contribution in [0.4, 0.5) is 0 Å². The molecular formula is C7H8O5. The lowest BCUT2D eigenvalue weighted by molar-refractivity contribution is -0.151. The van der Waals surface area contributed by atoms with Crippen molar-refractivity contribution in [3.63, 3.8) is 0 Å². The molecule has 66 valence electrons. The molecule has 0 aromatic heterocycles. The Morgan fingerprint density at radius 1 is 1.33 bits per heavy atom. The van der Waals surface area contributed by atoms with Gasteiger partial charge in [0.2, 0.25) is 5.78 Å². The van der Waals surface area contributed by atoms with E-state index in [1.807, 2.05) is 0 Å². The number of rotatable bonds is 5. The van der Waals surface area contributed by atoms with Gasteiger partial charge in [-0.05, 0) is 0 Å². The Balaban J connectivity index is 4.35. The van der Waals surface area contributed by atoms with Gasteiger partial charge in [0.05, 0.1) is 12.3 Å². The molecule has 0 aliphatic carbocycles. The number of carbonyl (C=O) groups excluding carboxylic acids is 1. The number of Topliss-reactive ketones (excluding diaryl/α,β-unsaturated/α-hetero) is 1. The summed E-state index contributed by atoms with van der Waals surface area (Å²) in [4.78, 5) is 30.9. The molecule has 0 rings (SSSR count). The summed E-state index contributed by atoms with van der Waals surface area (Å²) in [5.41, 5.74) is 0. The average molecular weight is 172 g/mol. The van der Waals surface area contributed by atoms with Gasteiger partial charge in [0, 0.05) is 0 Å². The van der Waals surface area contributed by atoms with Gasteiger partial charge in [0.1, 0.15) is 0 Å². The lowest BCUT2D eigenvalue weighted by Crippen LogP contribution is -2.23. The second-order valence-corrected chi connectivity index (χ2v) is 2.11. The minimum Gasteiger partial charge on any atom is -0.481 e. The van der Waals surface area contributed by atoms with Gasteiger partial charge in [-0.1, -0.05) is 6.08 Å². The molecule has 0 bridgehead atoms. The lowest BCUT2D eigenvalue weighted by atomic mass is 10.0. The summed E-state index contributed by atoms with van der Waals surface area (Å²) in [7, 11) is 0. The second-order valence-electron chi connectivity index (χ2n) is 2.11. The highest BCUT2D eigenvalue weighted by Gasteiger charge is 2.23. The highest BCUT2D eigenvalue weighted by molar-refractivity contribution is 6.34. The van der Waals surface area contributed by atoms with E-state index < -0.39 is 30.1 Å². The first-order chi connectivity index (χ1) is 5.49. The Bertz CT molecular complexity index is 230. The van der Waals surface area contributed by atoms with Crippen LogP contribution in [0.5, 0.6) is 0 Å². The summed E-state index contributed by atoms with van der Waals surface area (Å²) in [5, 5.41) is 16.5. The summed E-state index contributed by atoms with van der Waals surface area (Å²) in [6.07, 6.45) is 0.485. The maximum atomic E-state index is 10.7. The lowest BCUT2D eigenvalue weighted by Gasteiger charge is -2.03. The number of ketones is 1. The molecule has 0 amide bonds. The molecule has 0 aromatic carbocycles. The monoisotopic (exact) mass is 172 g/mol. The Morgan fingerprint density at radius 2 is 1.83 bits per heavy atom. The zero-order chi connectivity index (χ0) is 9.72. The smallest absolute Gasteiger partial charge is 0.372 e. The highest BCUT2D eigenvalue weighted by atomic mass is 16.4. The largest absolute Gasteiger partial charge is 0.481 e. The van der Waals surface area contributed by atoms with Crippen LogP contribution in [-0.4, -0.2) is 27.9 Å². The minimum atomic E-state index is -1.64. The summed E-state index contributed by atoms with van der Waals surface area (Å²) in [6.45, 7) is 3.17. The number of hydrogen-bond acceptors (Lipinski definition) is 3. The first-order valence-electron chi connectivity index (χ1n) is 3.10. The van der Waals surface area contributed by atoms with E-state index in [1.54, 1.807) is 0 Å².